The molecular formula is C9H11Br2NO3S. The second kappa shape index (κ2) is 5.59. The average Bonchev–Trinajstić information content (AvgIpc) is 2.20. The van der Waals surface area contributed by atoms with Gasteiger partial charge in [-0.3, -0.25) is 0 Å². The van der Waals surface area contributed by atoms with Crippen molar-refractivity contribution in [3.63, 3.8) is 0 Å². The maximum absolute atomic E-state index is 11.9. The largest absolute Gasteiger partial charge is 0.395 e. The highest BCUT2D eigenvalue weighted by Crippen LogP contribution is 2.25. The first kappa shape index (κ1) is 14.1. The van der Waals surface area contributed by atoms with Gasteiger partial charge in [0.1, 0.15) is 0 Å². The Hall–Kier alpha value is 0.0500. The molecular weight excluding hydrogens is 362 g/mol. The average molecular weight is 373 g/mol. The molecule has 0 amide bonds. The summed E-state index contributed by atoms with van der Waals surface area (Å²) in [6, 6.07) is 4.35. The maximum Gasteiger partial charge on any atom is 0.242 e. The van der Waals surface area contributed by atoms with Crippen molar-refractivity contribution in [2.24, 2.45) is 0 Å². The lowest BCUT2D eigenvalue weighted by atomic mass is 10.4. The van der Waals surface area contributed by atoms with Crippen LogP contribution in [0.5, 0.6) is 0 Å². The first-order valence-corrected chi connectivity index (χ1v) is 7.52. The third kappa shape index (κ3) is 3.53. The van der Waals surface area contributed by atoms with Crippen LogP contribution in [0.2, 0.25) is 0 Å². The third-order valence-electron chi connectivity index (χ3n) is 1.81. The van der Waals surface area contributed by atoms with Crippen molar-refractivity contribution in [2.75, 3.05) is 6.61 Å². The van der Waals surface area contributed by atoms with E-state index in [1.165, 1.54) is 6.07 Å². The van der Waals surface area contributed by atoms with Gasteiger partial charge in [-0.05, 0) is 41.1 Å². The number of halogens is 2. The van der Waals surface area contributed by atoms with Crippen LogP contribution in [0.4, 0.5) is 0 Å². The Kier molecular flexibility index (Phi) is 4.93. The zero-order valence-corrected chi connectivity index (χ0v) is 12.4. The summed E-state index contributed by atoms with van der Waals surface area (Å²) in [5.74, 6) is 0. The van der Waals surface area contributed by atoms with Gasteiger partial charge in [-0.1, -0.05) is 15.9 Å². The van der Waals surface area contributed by atoms with Crippen molar-refractivity contribution in [2.45, 2.75) is 17.9 Å². The Morgan fingerprint density at radius 1 is 1.44 bits per heavy atom. The fourth-order valence-electron chi connectivity index (χ4n) is 1.05. The Morgan fingerprint density at radius 2 is 2.06 bits per heavy atom. The molecule has 1 aromatic rings. The van der Waals surface area contributed by atoms with Gasteiger partial charge in [0.05, 0.1) is 11.5 Å². The molecule has 1 aromatic carbocycles. The molecule has 0 aliphatic rings. The molecule has 0 aliphatic heterocycles. The fraction of sp³-hybridized carbons (Fsp3) is 0.333. The molecule has 16 heavy (non-hydrogen) atoms. The van der Waals surface area contributed by atoms with Crippen molar-refractivity contribution >= 4 is 41.9 Å². The summed E-state index contributed by atoms with van der Waals surface area (Å²) < 4.78 is 27.3. The molecule has 0 spiro atoms. The Bertz CT molecular complexity index is 476. The topological polar surface area (TPSA) is 66.4 Å². The van der Waals surface area contributed by atoms with Crippen LogP contribution < -0.4 is 4.72 Å². The van der Waals surface area contributed by atoms with Gasteiger partial charge in [0, 0.05) is 15.0 Å². The standard InChI is InChI=1S/C9H11Br2NO3S/c1-6(5-13)12-16(14,15)9-4-7(10)2-3-8(9)11/h2-4,6,12-13H,5H2,1H3. The number of hydrogen-bond acceptors (Lipinski definition) is 3. The zero-order valence-electron chi connectivity index (χ0n) is 8.44. The van der Waals surface area contributed by atoms with Crippen molar-refractivity contribution in [1.29, 1.82) is 0 Å². The molecule has 0 radical (unpaired) electrons. The van der Waals surface area contributed by atoms with Gasteiger partial charge in [0.25, 0.3) is 0 Å². The van der Waals surface area contributed by atoms with Gasteiger partial charge in [0.2, 0.25) is 10.0 Å². The van der Waals surface area contributed by atoms with Gasteiger partial charge in [-0.25, -0.2) is 13.1 Å². The summed E-state index contributed by atoms with van der Waals surface area (Å²) in [4.78, 5) is 0.141. The van der Waals surface area contributed by atoms with Crippen LogP contribution in [0.15, 0.2) is 32.0 Å². The smallest absolute Gasteiger partial charge is 0.242 e. The molecule has 7 heteroatoms. The normalized spacial score (nSPS) is 13.8. The summed E-state index contributed by atoms with van der Waals surface area (Å²) in [7, 11) is -3.61. The van der Waals surface area contributed by atoms with E-state index in [9.17, 15) is 8.42 Å². The lowest BCUT2D eigenvalue weighted by Gasteiger charge is -2.12. The second-order valence-corrected chi connectivity index (χ2v) is 6.73. The summed E-state index contributed by atoms with van der Waals surface area (Å²) >= 11 is 6.39. The lowest BCUT2D eigenvalue weighted by Crippen LogP contribution is -2.35. The second-order valence-electron chi connectivity index (χ2n) is 3.28. The monoisotopic (exact) mass is 371 g/mol. The van der Waals surface area contributed by atoms with E-state index < -0.39 is 16.1 Å². The van der Waals surface area contributed by atoms with E-state index in [4.69, 9.17) is 5.11 Å². The molecule has 0 saturated heterocycles. The highest BCUT2D eigenvalue weighted by atomic mass is 79.9. The Balaban J connectivity index is 3.12. The van der Waals surface area contributed by atoms with Crippen LogP contribution in [0.1, 0.15) is 6.92 Å². The molecule has 0 aliphatic carbocycles. The summed E-state index contributed by atoms with van der Waals surface area (Å²) in [6.45, 7) is 1.34. The predicted molar refractivity (Wildman–Crippen MR) is 68.7 cm³/mol. The zero-order chi connectivity index (χ0) is 12.3. The number of sulfonamides is 1. The van der Waals surface area contributed by atoms with Gasteiger partial charge in [-0.15, -0.1) is 0 Å². The third-order valence-corrected chi connectivity index (χ3v) is 4.89. The van der Waals surface area contributed by atoms with Crippen LogP contribution in [-0.4, -0.2) is 26.2 Å². The van der Waals surface area contributed by atoms with Gasteiger partial charge in [-0.2, -0.15) is 0 Å². The summed E-state index contributed by atoms with van der Waals surface area (Å²) in [5.41, 5.74) is 0. The summed E-state index contributed by atoms with van der Waals surface area (Å²) in [6.07, 6.45) is 0. The van der Waals surface area contributed by atoms with Crippen LogP contribution >= 0.6 is 31.9 Å². The number of rotatable bonds is 4. The lowest BCUT2D eigenvalue weighted by molar-refractivity contribution is 0.265. The van der Waals surface area contributed by atoms with E-state index in [1.54, 1.807) is 19.1 Å². The van der Waals surface area contributed by atoms with E-state index >= 15 is 0 Å². The first-order valence-electron chi connectivity index (χ1n) is 4.45. The minimum atomic E-state index is -3.61. The van der Waals surface area contributed by atoms with E-state index in [-0.39, 0.29) is 11.5 Å². The van der Waals surface area contributed by atoms with Crippen LogP contribution in [0.25, 0.3) is 0 Å². The van der Waals surface area contributed by atoms with Crippen LogP contribution in [0, 0.1) is 0 Å². The molecule has 0 fully saturated rings. The molecule has 0 heterocycles. The molecule has 0 saturated carbocycles. The fourth-order valence-corrected chi connectivity index (χ4v) is 3.79. The van der Waals surface area contributed by atoms with Crippen LogP contribution in [0.3, 0.4) is 0 Å². The molecule has 0 bridgehead atoms. The van der Waals surface area contributed by atoms with Crippen LogP contribution in [-0.2, 0) is 10.0 Å². The number of nitrogens with one attached hydrogen (secondary N) is 1. The summed E-state index contributed by atoms with van der Waals surface area (Å²) in [5, 5.41) is 8.82. The maximum atomic E-state index is 11.9. The predicted octanol–water partition coefficient (Wildman–Crippen LogP) is 1.87. The quantitative estimate of drug-likeness (QED) is 0.847. The molecule has 0 aromatic heterocycles. The Labute approximate surface area is 111 Å². The van der Waals surface area contributed by atoms with E-state index in [0.29, 0.717) is 8.95 Å². The number of aliphatic hydroxyl groups is 1. The van der Waals surface area contributed by atoms with E-state index in [1.807, 2.05) is 0 Å². The van der Waals surface area contributed by atoms with Crippen molar-refractivity contribution in [1.82, 2.24) is 4.72 Å². The van der Waals surface area contributed by atoms with E-state index in [0.717, 1.165) is 0 Å². The highest BCUT2D eigenvalue weighted by molar-refractivity contribution is 9.11. The molecule has 1 rings (SSSR count). The van der Waals surface area contributed by atoms with Crippen molar-refractivity contribution in [3.8, 4) is 0 Å². The molecule has 90 valence electrons. The number of hydrogen-bond donors (Lipinski definition) is 2. The number of benzene rings is 1. The molecule has 1 atom stereocenters. The van der Waals surface area contributed by atoms with Gasteiger partial charge in [0.15, 0.2) is 0 Å². The number of aliphatic hydroxyl groups excluding tert-OH is 1. The van der Waals surface area contributed by atoms with Crippen molar-refractivity contribution in [3.05, 3.63) is 27.1 Å². The SMILES string of the molecule is CC(CO)NS(=O)(=O)c1cc(Br)ccc1Br. The first-order chi connectivity index (χ1) is 7.36. The Morgan fingerprint density at radius 3 is 2.62 bits per heavy atom. The minimum absolute atomic E-state index is 0.141. The molecule has 2 N–H and O–H groups in total. The van der Waals surface area contributed by atoms with Gasteiger partial charge < -0.3 is 5.11 Å². The van der Waals surface area contributed by atoms with Crippen molar-refractivity contribution < 1.29 is 13.5 Å². The molecule has 1 unspecified atom stereocenters. The van der Waals surface area contributed by atoms with E-state index in [2.05, 4.69) is 36.6 Å². The minimum Gasteiger partial charge on any atom is -0.395 e. The highest BCUT2D eigenvalue weighted by Gasteiger charge is 2.19. The van der Waals surface area contributed by atoms with Gasteiger partial charge >= 0.3 is 0 Å². The molecule has 4 nitrogen and oxygen atoms in total.